The Morgan fingerprint density at radius 2 is 2.00 bits per heavy atom. The van der Waals surface area contributed by atoms with Crippen LogP contribution in [0.2, 0.25) is 0 Å². The maximum Gasteiger partial charge on any atom is 0.586 e. The van der Waals surface area contributed by atoms with Crippen LogP contribution in [0, 0.1) is 0 Å². The lowest BCUT2D eigenvalue weighted by atomic mass is 10.1. The highest BCUT2D eigenvalue weighted by atomic mass is 19.3. The number of urea groups is 1. The molecule has 3 amide bonds. The third-order valence-corrected chi connectivity index (χ3v) is 3.74. The molecule has 0 aromatic heterocycles. The van der Waals surface area contributed by atoms with Gasteiger partial charge in [0.15, 0.2) is 11.5 Å². The van der Waals surface area contributed by atoms with E-state index in [1.54, 1.807) is 12.1 Å². The van der Waals surface area contributed by atoms with Crippen LogP contribution in [0.1, 0.15) is 18.4 Å². The fraction of sp³-hybridized carbons (Fsp3) is 0.429. The van der Waals surface area contributed by atoms with Gasteiger partial charge in [-0.2, -0.15) is 0 Å². The lowest BCUT2D eigenvalue weighted by Gasteiger charge is -2.15. The maximum absolute atomic E-state index is 13.1. The number of nitrogens with one attached hydrogen (secondary N) is 2. The fourth-order valence-corrected chi connectivity index (χ4v) is 2.47. The molecule has 0 spiro atoms. The van der Waals surface area contributed by atoms with Gasteiger partial charge in [-0.05, 0) is 25.3 Å². The number of carbonyl (C=O) groups excluding carboxylic acids is 2. The van der Waals surface area contributed by atoms with Crippen molar-refractivity contribution in [3.63, 3.8) is 0 Å². The molecule has 23 heavy (non-hydrogen) atoms. The van der Waals surface area contributed by atoms with Crippen LogP contribution in [0.5, 0.6) is 11.5 Å². The van der Waals surface area contributed by atoms with E-state index in [1.165, 1.54) is 6.07 Å². The molecule has 0 saturated heterocycles. The molecule has 1 aromatic rings. The summed E-state index contributed by atoms with van der Waals surface area (Å²) < 4.78 is 35.0. The monoisotopic (exact) mass is 327 g/mol. The number of nitrogens with two attached hydrogens (primary N) is 1. The predicted molar refractivity (Wildman–Crippen MR) is 74.0 cm³/mol. The molecule has 1 aliphatic heterocycles. The van der Waals surface area contributed by atoms with Crippen molar-refractivity contribution in [2.75, 3.05) is 6.54 Å². The van der Waals surface area contributed by atoms with Crippen molar-refractivity contribution in [3.05, 3.63) is 23.8 Å². The molecule has 4 N–H and O–H groups in total. The highest BCUT2D eigenvalue weighted by molar-refractivity contribution is 5.93. The summed E-state index contributed by atoms with van der Waals surface area (Å²) in [6.45, 7) is 0.201. The van der Waals surface area contributed by atoms with Crippen molar-refractivity contribution in [1.82, 2.24) is 10.6 Å². The summed E-state index contributed by atoms with van der Waals surface area (Å²) >= 11 is 0. The van der Waals surface area contributed by atoms with E-state index in [9.17, 15) is 18.4 Å². The van der Waals surface area contributed by atoms with Crippen molar-refractivity contribution in [1.29, 1.82) is 0 Å². The first kappa shape index (κ1) is 15.3. The highest BCUT2D eigenvalue weighted by Gasteiger charge is 2.50. The molecule has 1 aliphatic carbocycles. The number of benzene rings is 1. The number of carbonyl (C=O) groups is 2. The van der Waals surface area contributed by atoms with E-state index >= 15 is 0 Å². The van der Waals surface area contributed by atoms with Crippen LogP contribution in [0.4, 0.5) is 13.6 Å². The summed E-state index contributed by atoms with van der Waals surface area (Å²) in [5, 5.41) is 5.07. The Bertz CT molecular complexity index is 661. The van der Waals surface area contributed by atoms with Crippen molar-refractivity contribution >= 4 is 11.9 Å². The summed E-state index contributed by atoms with van der Waals surface area (Å²) in [4.78, 5) is 22.9. The average Bonchev–Trinajstić information content (AvgIpc) is 3.13. The number of alkyl halides is 2. The normalized spacial score (nSPS) is 19.0. The molecule has 0 radical (unpaired) electrons. The van der Waals surface area contributed by atoms with Crippen LogP contribution < -0.4 is 25.8 Å². The maximum atomic E-state index is 13.1. The molecule has 124 valence electrons. The van der Waals surface area contributed by atoms with Crippen molar-refractivity contribution in [2.24, 2.45) is 5.73 Å². The molecule has 1 aromatic carbocycles. The summed E-state index contributed by atoms with van der Waals surface area (Å²) in [5.74, 6) is -0.401. The number of ether oxygens (including phenoxy) is 2. The van der Waals surface area contributed by atoms with Gasteiger partial charge in [-0.15, -0.1) is 8.78 Å². The van der Waals surface area contributed by atoms with Crippen LogP contribution in [0.3, 0.4) is 0 Å². The highest BCUT2D eigenvalue weighted by Crippen LogP contribution is 2.43. The minimum Gasteiger partial charge on any atom is -0.395 e. The van der Waals surface area contributed by atoms with E-state index in [1.807, 2.05) is 0 Å². The summed E-state index contributed by atoms with van der Waals surface area (Å²) in [5.41, 5.74) is 4.59. The Kier molecular flexibility index (Phi) is 3.50. The Hall–Kier alpha value is -2.58. The predicted octanol–water partition coefficient (Wildman–Crippen LogP) is 0.868. The van der Waals surface area contributed by atoms with Gasteiger partial charge in [0, 0.05) is 12.1 Å². The van der Waals surface area contributed by atoms with Gasteiger partial charge in [0.25, 0.3) is 0 Å². The first-order chi connectivity index (χ1) is 10.8. The number of hydrogen-bond acceptors (Lipinski definition) is 4. The molecular formula is C14H15F2N3O4. The van der Waals surface area contributed by atoms with Crippen LogP contribution >= 0.6 is 0 Å². The Morgan fingerprint density at radius 3 is 2.65 bits per heavy atom. The number of fused-ring (bicyclic) bond motifs is 1. The largest absolute Gasteiger partial charge is 0.586 e. The molecule has 3 rings (SSSR count). The molecule has 1 fully saturated rings. The molecule has 0 unspecified atom stereocenters. The number of primary amides is 1. The van der Waals surface area contributed by atoms with Gasteiger partial charge in [0.1, 0.15) is 5.54 Å². The van der Waals surface area contributed by atoms with Gasteiger partial charge in [-0.25, -0.2) is 4.79 Å². The standard InChI is InChI=1S/C14H15F2N3O4/c15-14(16)22-9-3-1-2-8(10(9)23-14)4-7-18-11(20)13(5-6-13)19-12(17)21/h1-3H,4-7H2,(H,18,20)(H3,17,19,21). The first-order valence-corrected chi connectivity index (χ1v) is 7.05. The van der Waals surface area contributed by atoms with Crippen LogP contribution in [0.25, 0.3) is 0 Å². The SMILES string of the molecule is NC(=O)NC1(C(=O)NCCc2cccc3c2OC(F)(F)O3)CC1. The van der Waals surface area contributed by atoms with Crippen LogP contribution in [-0.4, -0.2) is 30.3 Å². The third-order valence-electron chi connectivity index (χ3n) is 3.74. The number of amides is 3. The average molecular weight is 327 g/mol. The van der Waals surface area contributed by atoms with E-state index in [0.717, 1.165) is 0 Å². The third kappa shape index (κ3) is 3.13. The van der Waals surface area contributed by atoms with Crippen molar-refractivity contribution in [2.45, 2.75) is 31.1 Å². The molecule has 0 bridgehead atoms. The van der Waals surface area contributed by atoms with Gasteiger partial charge >= 0.3 is 12.3 Å². The summed E-state index contributed by atoms with van der Waals surface area (Å²) in [6, 6.07) is 3.81. The molecular weight excluding hydrogens is 312 g/mol. The quantitative estimate of drug-likeness (QED) is 0.746. The number of hydrogen-bond donors (Lipinski definition) is 3. The number of para-hydroxylation sites is 1. The Balaban J connectivity index is 1.58. The van der Waals surface area contributed by atoms with E-state index in [-0.39, 0.29) is 30.4 Å². The zero-order chi connectivity index (χ0) is 16.7. The zero-order valence-corrected chi connectivity index (χ0v) is 12.0. The van der Waals surface area contributed by atoms with Crippen molar-refractivity contribution in [3.8, 4) is 11.5 Å². The molecule has 9 heteroatoms. The van der Waals surface area contributed by atoms with Crippen LogP contribution in [-0.2, 0) is 11.2 Å². The van der Waals surface area contributed by atoms with Gasteiger partial charge in [0.2, 0.25) is 5.91 Å². The minimum absolute atomic E-state index is 0.0249. The van der Waals surface area contributed by atoms with Crippen molar-refractivity contribution < 1.29 is 27.8 Å². The Labute approximate surface area is 130 Å². The topological polar surface area (TPSA) is 103 Å². The summed E-state index contributed by atoms with van der Waals surface area (Å²) in [6.07, 6.45) is -2.36. The lowest BCUT2D eigenvalue weighted by molar-refractivity contribution is -0.286. The van der Waals surface area contributed by atoms with Gasteiger partial charge < -0.3 is 25.8 Å². The molecule has 2 aliphatic rings. The van der Waals surface area contributed by atoms with Gasteiger partial charge in [-0.1, -0.05) is 12.1 Å². The minimum atomic E-state index is -3.68. The summed E-state index contributed by atoms with van der Waals surface area (Å²) in [7, 11) is 0. The van der Waals surface area contributed by atoms with E-state index in [2.05, 4.69) is 20.1 Å². The fourth-order valence-electron chi connectivity index (χ4n) is 2.47. The second-order valence-corrected chi connectivity index (χ2v) is 5.49. The number of rotatable bonds is 5. The van der Waals surface area contributed by atoms with E-state index in [4.69, 9.17) is 5.73 Å². The lowest BCUT2D eigenvalue weighted by Crippen LogP contribution is -2.51. The number of halogens is 2. The molecule has 0 atom stereocenters. The Morgan fingerprint density at radius 1 is 1.26 bits per heavy atom. The van der Waals surface area contributed by atoms with E-state index < -0.39 is 17.9 Å². The van der Waals surface area contributed by atoms with Gasteiger partial charge in [0.05, 0.1) is 0 Å². The van der Waals surface area contributed by atoms with Gasteiger partial charge in [-0.3, -0.25) is 4.79 Å². The molecule has 1 heterocycles. The first-order valence-electron chi connectivity index (χ1n) is 7.05. The second-order valence-electron chi connectivity index (χ2n) is 5.49. The van der Waals surface area contributed by atoms with E-state index in [0.29, 0.717) is 18.4 Å². The molecule has 7 nitrogen and oxygen atoms in total. The molecule has 1 saturated carbocycles. The smallest absolute Gasteiger partial charge is 0.395 e. The van der Waals surface area contributed by atoms with Crippen LogP contribution in [0.15, 0.2) is 18.2 Å². The zero-order valence-electron chi connectivity index (χ0n) is 12.0. The second kappa shape index (κ2) is 5.25.